The zero-order valence-corrected chi connectivity index (χ0v) is 39.3. The predicted molar refractivity (Wildman–Crippen MR) is 299 cm³/mol. The fraction of sp³-hybridized carbons (Fsp3) is 0. The van der Waals surface area contributed by atoms with Crippen LogP contribution < -0.4 is 20.7 Å². The molecule has 0 amide bonds. The van der Waals surface area contributed by atoms with E-state index in [4.69, 9.17) is 0 Å². The van der Waals surface area contributed by atoms with E-state index in [1.165, 1.54) is 86.3 Å². The number of nitrogens with zero attached hydrogens (tertiary/aromatic N) is 3. The van der Waals surface area contributed by atoms with Crippen molar-refractivity contribution in [2.75, 3.05) is 0 Å². The Labute approximate surface area is 407 Å². The van der Waals surface area contributed by atoms with Crippen LogP contribution in [0.25, 0.3) is 93.6 Å². The maximum Gasteiger partial charge on any atom is 0.179 e. The summed E-state index contributed by atoms with van der Waals surface area (Å²) >= 11 is 0. The van der Waals surface area contributed by atoms with Gasteiger partial charge in [0.25, 0.3) is 0 Å². The smallest absolute Gasteiger partial charge is 0.179 e. The second kappa shape index (κ2) is 16.1. The van der Waals surface area contributed by atoms with Crippen molar-refractivity contribution in [3.05, 3.63) is 273 Å². The van der Waals surface area contributed by atoms with Crippen LogP contribution in [0, 0.1) is 0 Å². The van der Waals surface area contributed by atoms with Crippen molar-refractivity contribution in [2.24, 2.45) is 0 Å². The molecule has 0 N–H and O–H groups in total. The van der Waals surface area contributed by atoms with Gasteiger partial charge in [-0.25, -0.2) is 0 Å². The van der Waals surface area contributed by atoms with Gasteiger partial charge in [0.1, 0.15) is 0 Å². The summed E-state index contributed by atoms with van der Waals surface area (Å²) in [4.78, 5) is 0. The Morgan fingerprint density at radius 3 is 1.11 bits per heavy atom. The van der Waals surface area contributed by atoms with Gasteiger partial charge in [-0.3, -0.25) is 0 Å². The zero-order chi connectivity index (χ0) is 46.2. The molecular formula is C66H45N3Si. The molecule has 0 unspecified atom stereocenters. The van der Waals surface area contributed by atoms with E-state index in [1.807, 2.05) is 0 Å². The molecule has 328 valence electrons. The summed E-state index contributed by atoms with van der Waals surface area (Å²) in [6, 6.07) is 101. The third kappa shape index (κ3) is 5.94. The van der Waals surface area contributed by atoms with Crippen LogP contribution in [0.3, 0.4) is 0 Å². The lowest BCUT2D eigenvalue weighted by molar-refractivity contribution is 1.11. The monoisotopic (exact) mass is 907 g/mol. The van der Waals surface area contributed by atoms with Crippen molar-refractivity contribution in [3.63, 3.8) is 0 Å². The van der Waals surface area contributed by atoms with Crippen LogP contribution in [0.5, 0.6) is 0 Å². The lowest BCUT2D eigenvalue weighted by Crippen LogP contribution is -2.74. The summed E-state index contributed by atoms with van der Waals surface area (Å²) in [5.74, 6) is 0. The molecule has 0 aliphatic heterocycles. The Morgan fingerprint density at radius 2 is 0.614 bits per heavy atom. The molecule has 4 heteroatoms. The van der Waals surface area contributed by atoms with Crippen molar-refractivity contribution in [3.8, 4) is 28.2 Å². The molecule has 0 saturated heterocycles. The molecule has 0 saturated carbocycles. The van der Waals surface area contributed by atoms with Crippen LogP contribution in [0.4, 0.5) is 0 Å². The van der Waals surface area contributed by atoms with Crippen molar-refractivity contribution in [2.45, 2.75) is 0 Å². The normalized spacial score (nSPS) is 12.0. The van der Waals surface area contributed by atoms with Crippen LogP contribution >= 0.6 is 0 Å². The summed E-state index contributed by atoms with van der Waals surface area (Å²) in [7, 11) is -2.88. The van der Waals surface area contributed by atoms with Gasteiger partial charge in [0.15, 0.2) is 8.07 Å². The minimum Gasteiger partial charge on any atom is -0.307 e. The van der Waals surface area contributed by atoms with E-state index in [9.17, 15) is 0 Å². The van der Waals surface area contributed by atoms with E-state index >= 15 is 0 Å². The van der Waals surface area contributed by atoms with Crippen molar-refractivity contribution in [1.29, 1.82) is 0 Å². The number of benzene rings is 11. The van der Waals surface area contributed by atoms with Crippen LogP contribution in [-0.4, -0.2) is 21.8 Å². The van der Waals surface area contributed by atoms with Crippen LogP contribution in [-0.2, 0) is 0 Å². The number of para-hydroxylation sites is 5. The average Bonchev–Trinajstić information content (AvgIpc) is 4.08. The molecule has 0 aliphatic carbocycles. The molecule has 0 aliphatic rings. The molecule has 11 aromatic carbocycles. The first kappa shape index (κ1) is 40.1. The Kier molecular flexibility index (Phi) is 9.23. The third-order valence-corrected chi connectivity index (χ3v) is 19.5. The molecule has 0 radical (unpaired) electrons. The lowest BCUT2D eigenvalue weighted by atomic mass is 10.1. The van der Waals surface area contributed by atoms with E-state index in [1.54, 1.807) is 0 Å². The fourth-order valence-electron chi connectivity index (χ4n) is 11.9. The molecule has 0 spiro atoms. The molecule has 14 aromatic rings. The second-order valence-corrected chi connectivity index (χ2v) is 22.2. The van der Waals surface area contributed by atoms with Gasteiger partial charge in [-0.15, -0.1) is 0 Å². The SMILES string of the molecule is c1ccc(-c2cccc(-n3c4c(-n5c6ccccc6c6ccccc65)cccc4c4cccc(-n5c6ccccc6c6ccc([Si](c7ccccc7)(c7ccccc7)c7ccccc7)cc65)c43)c2)cc1. The van der Waals surface area contributed by atoms with Gasteiger partial charge in [0, 0.05) is 38.0 Å². The number of rotatable bonds is 8. The molecule has 70 heavy (non-hydrogen) atoms. The summed E-state index contributed by atoms with van der Waals surface area (Å²) < 4.78 is 7.61. The van der Waals surface area contributed by atoms with E-state index in [2.05, 4.69) is 287 Å². The molecular weight excluding hydrogens is 863 g/mol. The van der Waals surface area contributed by atoms with Crippen molar-refractivity contribution in [1.82, 2.24) is 13.7 Å². The molecule has 3 nitrogen and oxygen atoms in total. The standard InChI is InChI=1S/C66H45N3Si/c1-5-22-46(23-6-1)47-24-19-25-48(44-47)67-65-57(35-20-40-62(65)68-59-37-16-13-32-53(59)54-33-14-17-38-60(54)68)58-36-21-41-63(66(58)67)69-61-39-18-15-34-55(61)56-43-42-52(45-64(56)69)70(49-26-7-2-8-27-49,50-28-9-3-10-29-50)51-30-11-4-12-31-51/h1-45H. The average molecular weight is 908 g/mol. The topological polar surface area (TPSA) is 14.8 Å². The maximum atomic E-state index is 2.56. The van der Waals surface area contributed by atoms with Gasteiger partial charge in [0.05, 0.1) is 44.5 Å². The molecule has 3 heterocycles. The third-order valence-electron chi connectivity index (χ3n) is 14.8. The minimum atomic E-state index is -2.88. The molecule has 3 aromatic heterocycles. The first-order valence-electron chi connectivity index (χ1n) is 24.2. The molecule has 0 bridgehead atoms. The number of hydrogen-bond donors (Lipinski definition) is 0. The van der Waals surface area contributed by atoms with Crippen LogP contribution in [0.2, 0.25) is 0 Å². The Morgan fingerprint density at radius 1 is 0.229 bits per heavy atom. The molecule has 14 rings (SSSR count). The summed E-state index contributed by atoms with van der Waals surface area (Å²) in [5, 5.41) is 12.7. The van der Waals surface area contributed by atoms with Gasteiger partial charge in [0.2, 0.25) is 0 Å². The lowest BCUT2D eigenvalue weighted by Gasteiger charge is -2.34. The summed E-state index contributed by atoms with van der Waals surface area (Å²) in [6.45, 7) is 0. The number of aromatic nitrogens is 3. The maximum absolute atomic E-state index is 2.88. The van der Waals surface area contributed by atoms with Gasteiger partial charge in [-0.2, -0.15) is 0 Å². The largest absolute Gasteiger partial charge is 0.307 e. The zero-order valence-electron chi connectivity index (χ0n) is 38.3. The molecule has 0 atom stereocenters. The Balaban J connectivity index is 1.13. The van der Waals surface area contributed by atoms with Gasteiger partial charge in [-0.05, 0) is 80.4 Å². The predicted octanol–water partition coefficient (Wildman–Crippen LogP) is 14.0. The number of hydrogen-bond acceptors (Lipinski definition) is 0. The van der Waals surface area contributed by atoms with Gasteiger partial charge < -0.3 is 13.7 Å². The summed E-state index contributed by atoms with van der Waals surface area (Å²) in [5.41, 5.74) is 12.8. The van der Waals surface area contributed by atoms with Crippen molar-refractivity contribution >= 4 is 94.2 Å². The Hall–Kier alpha value is -8.96. The van der Waals surface area contributed by atoms with E-state index in [0.29, 0.717) is 0 Å². The van der Waals surface area contributed by atoms with Gasteiger partial charge in [-0.1, -0.05) is 224 Å². The Bertz CT molecular complexity index is 4130. The van der Waals surface area contributed by atoms with E-state index in [-0.39, 0.29) is 0 Å². The number of fused-ring (bicyclic) bond motifs is 9. The highest BCUT2D eigenvalue weighted by Crippen LogP contribution is 2.43. The first-order chi connectivity index (χ1) is 34.8. The fourth-order valence-corrected chi connectivity index (χ4v) is 16.6. The molecule has 0 fully saturated rings. The highest BCUT2D eigenvalue weighted by molar-refractivity contribution is 7.20. The summed E-state index contributed by atoms with van der Waals surface area (Å²) in [6.07, 6.45) is 0. The highest BCUT2D eigenvalue weighted by atomic mass is 28.3. The van der Waals surface area contributed by atoms with Crippen LogP contribution in [0.15, 0.2) is 273 Å². The van der Waals surface area contributed by atoms with E-state index < -0.39 is 8.07 Å². The highest BCUT2D eigenvalue weighted by Gasteiger charge is 2.41. The van der Waals surface area contributed by atoms with Crippen molar-refractivity contribution < 1.29 is 0 Å². The minimum absolute atomic E-state index is 1.10. The van der Waals surface area contributed by atoms with E-state index in [0.717, 1.165) is 28.1 Å². The first-order valence-corrected chi connectivity index (χ1v) is 26.2. The second-order valence-electron chi connectivity index (χ2n) is 18.4. The quantitative estimate of drug-likeness (QED) is 0.107. The van der Waals surface area contributed by atoms with Crippen LogP contribution in [0.1, 0.15) is 0 Å². The van der Waals surface area contributed by atoms with Gasteiger partial charge >= 0.3 is 0 Å².